The Labute approximate surface area is 95.4 Å². The molecule has 1 aromatic carbocycles. The summed E-state index contributed by atoms with van der Waals surface area (Å²) < 4.78 is 2.20. The number of nitrogens with one attached hydrogen (secondary N) is 1. The molecule has 0 bridgehead atoms. The number of fused-ring (bicyclic) bond motifs is 1. The summed E-state index contributed by atoms with van der Waals surface area (Å²) in [4.78, 5) is 2.16. The first-order chi connectivity index (χ1) is 7.68. The number of rotatable bonds is 3. The first kappa shape index (κ1) is 10.9. The summed E-state index contributed by atoms with van der Waals surface area (Å²) in [6, 6.07) is 9.94. The van der Waals surface area contributed by atoms with Crippen LogP contribution in [0.15, 0.2) is 36.5 Å². The molecule has 1 heterocycles. The van der Waals surface area contributed by atoms with Crippen LogP contribution < -0.4 is 5.36 Å². The van der Waals surface area contributed by atoms with Gasteiger partial charge in [0, 0.05) is 24.7 Å². The lowest BCUT2D eigenvalue weighted by atomic mass is 10.2. The molecular formula is C13H17N3. The van der Waals surface area contributed by atoms with Crippen LogP contribution in [0, 0.1) is 5.41 Å². The van der Waals surface area contributed by atoms with E-state index in [0.29, 0.717) is 5.36 Å². The van der Waals surface area contributed by atoms with Crippen LogP contribution in [0.3, 0.4) is 0 Å². The second kappa shape index (κ2) is 4.49. The lowest BCUT2D eigenvalue weighted by Gasteiger charge is -2.14. The number of likely N-dealkylation sites (N-methyl/N-ethyl adjacent to an activating group) is 1. The molecule has 0 fully saturated rings. The molecule has 16 heavy (non-hydrogen) atoms. The van der Waals surface area contributed by atoms with Crippen LogP contribution >= 0.6 is 0 Å². The van der Waals surface area contributed by atoms with Gasteiger partial charge in [0.1, 0.15) is 0 Å². The van der Waals surface area contributed by atoms with Gasteiger partial charge in [-0.15, -0.1) is 0 Å². The molecule has 84 valence electrons. The average Bonchev–Trinajstić information content (AvgIpc) is 2.28. The number of aromatic nitrogens is 1. The molecule has 0 atom stereocenters. The van der Waals surface area contributed by atoms with Gasteiger partial charge >= 0.3 is 0 Å². The maximum atomic E-state index is 7.85. The summed E-state index contributed by atoms with van der Waals surface area (Å²) in [6.07, 6.45) is 1.99. The summed E-state index contributed by atoms with van der Waals surface area (Å²) in [6.45, 7) is 1.96. The molecule has 3 heteroatoms. The molecule has 0 amide bonds. The van der Waals surface area contributed by atoms with E-state index in [2.05, 4.69) is 29.6 Å². The summed E-state index contributed by atoms with van der Waals surface area (Å²) in [5, 5.41) is 9.46. The van der Waals surface area contributed by atoms with Crippen molar-refractivity contribution in [2.24, 2.45) is 0 Å². The monoisotopic (exact) mass is 215 g/mol. The van der Waals surface area contributed by atoms with Gasteiger partial charge in [0.15, 0.2) is 0 Å². The maximum absolute atomic E-state index is 7.85. The molecule has 2 rings (SSSR count). The average molecular weight is 215 g/mol. The van der Waals surface area contributed by atoms with E-state index in [1.54, 1.807) is 0 Å². The third-order valence-electron chi connectivity index (χ3n) is 2.71. The number of para-hydroxylation sites is 1. The fourth-order valence-electron chi connectivity index (χ4n) is 1.79. The van der Waals surface area contributed by atoms with Gasteiger partial charge in [-0.1, -0.05) is 18.2 Å². The fraction of sp³-hybridized carbons (Fsp3) is 0.308. The molecule has 0 radical (unpaired) electrons. The quantitative estimate of drug-likeness (QED) is 0.830. The summed E-state index contributed by atoms with van der Waals surface area (Å²) in [5.74, 6) is 0. The zero-order valence-corrected chi connectivity index (χ0v) is 9.77. The topological polar surface area (TPSA) is 32.0 Å². The highest BCUT2D eigenvalue weighted by atomic mass is 15.1. The Morgan fingerprint density at radius 3 is 2.69 bits per heavy atom. The van der Waals surface area contributed by atoms with E-state index in [1.807, 2.05) is 30.5 Å². The summed E-state index contributed by atoms with van der Waals surface area (Å²) in [5.41, 5.74) is 1.14. The van der Waals surface area contributed by atoms with E-state index in [0.717, 1.165) is 24.0 Å². The van der Waals surface area contributed by atoms with Crippen LogP contribution in [-0.2, 0) is 6.54 Å². The largest absolute Gasteiger partial charge is 0.346 e. The van der Waals surface area contributed by atoms with Crippen molar-refractivity contribution in [3.63, 3.8) is 0 Å². The third kappa shape index (κ3) is 2.14. The molecule has 1 aromatic heterocycles. The standard InChI is InChI=1S/C13H17N3/c1-15(2)9-10-16-8-7-12(14)11-5-3-4-6-13(11)16/h3-8,14H,9-10H2,1-2H3. The second-order valence-corrected chi connectivity index (χ2v) is 4.24. The molecule has 0 aliphatic heterocycles. The highest BCUT2D eigenvalue weighted by Crippen LogP contribution is 2.08. The van der Waals surface area contributed by atoms with Crippen molar-refractivity contribution in [3.05, 3.63) is 41.9 Å². The van der Waals surface area contributed by atoms with Gasteiger partial charge in [-0.05, 0) is 26.2 Å². The van der Waals surface area contributed by atoms with Crippen molar-refractivity contribution in [1.82, 2.24) is 9.47 Å². The van der Waals surface area contributed by atoms with Crippen molar-refractivity contribution in [2.45, 2.75) is 6.54 Å². The zero-order chi connectivity index (χ0) is 11.5. The van der Waals surface area contributed by atoms with E-state index in [4.69, 9.17) is 5.41 Å². The normalized spacial score (nSPS) is 11.2. The highest BCUT2D eigenvalue weighted by molar-refractivity contribution is 5.78. The van der Waals surface area contributed by atoms with Gasteiger partial charge in [-0.2, -0.15) is 0 Å². The minimum absolute atomic E-state index is 0.594. The van der Waals surface area contributed by atoms with Crippen LogP contribution in [-0.4, -0.2) is 30.1 Å². The SMILES string of the molecule is CN(C)CCn1ccc(=N)c2ccccc21. The highest BCUT2D eigenvalue weighted by Gasteiger charge is 1.99. The van der Waals surface area contributed by atoms with Gasteiger partial charge in [0.2, 0.25) is 0 Å². The lowest BCUT2D eigenvalue weighted by molar-refractivity contribution is 0.386. The smallest absolute Gasteiger partial charge is 0.0647 e. The Balaban J connectivity index is 2.46. The Bertz CT molecular complexity index is 540. The Kier molecular flexibility index (Phi) is 3.06. The number of nitrogens with zero attached hydrogens (tertiary/aromatic N) is 2. The molecule has 0 saturated carbocycles. The Morgan fingerprint density at radius 2 is 1.94 bits per heavy atom. The van der Waals surface area contributed by atoms with Crippen molar-refractivity contribution in [3.8, 4) is 0 Å². The minimum Gasteiger partial charge on any atom is -0.346 e. The van der Waals surface area contributed by atoms with Crippen LogP contribution in [0.4, 0.5) is 0 Å². The summed E-state index contributed by atoms with van der Waals surface area (Å²) in [7, 11) is 4.14. The van der Waals surface area contributed by atoms with Crippen LogP contribution in [0.1, 0.15) is 0 Å². The van der Waals surface area contributed by atoms with E-state index < -0.39 is 0 Å². The van der Waals surface area contributed by atoms with Crippen LogP contribution in [0.5, 0.6) is 0 Å². The minimum atomic E-state index is 0.594. The first-order valence-electron chi connectivity index (χ1n) is 5.46. The molecule has 1 N–H and O–H groups in total. The lowest BCUT2D eigenvalue weighted by Crippen LogP contribution is -2.19. The third-order valence-corrected chi connectivity index (χ3v) is 2.71. The zero-order valence-electron chi connectivity index (χ0n) is 9.77. The molecule has 0 saturated heterocycles. The van der Waals surface area contributed by atoms with Gasteiger partial charge in [-0.25, -0.2) is 0 Å². The summed E-state index contributed by atoms with van der Waals surface area (Å²) >= 11 is 0. The molecule has 2 aromatic rings. The molecule has 0 aliphatic rings. The van der Waals surface area contributed by atoms with Crippen LogP contribution in [0.2, 0.25) is 0 Å². The van der Waals surface area contributed by atoms with Crippen molar-refractivity contribution in [2.75, 3.05) is 20.6 Å². The molecular weight excluding hydrogens is 198 g/mol. The van der Waals surface area contributed by atoms with Crippen molar-refractivity contribution >= 4 is 10.9 Å². The number of pyridine rings is 1. The second-order valence-electron chi connectivity index (χ2n) is 4.24. The number of hydrogen-bond acceptors (Lipinski definition) is 2. The number of benzene rings is 1. The molecule has 3 nitrogen and oxygen atoms in total. The van der Waals surface area contributed by atoms with Gasteiger partial charge in [0.05, 0.1) is 10.9 Å². The maximum Gasteiger partial charge on any atom is 0.0647 e. The number of hydrogen-bond donors (Lipinski definition) is 1. The van der Waals surface area contributed by atoms with Crippen molar-refractivity contribution < 1.29 is 0 Å². The Morgan fingerprint density at radius 1 is 1.19 bits per heavy atom. The van der Waals surface area contributed by atoms with Gasteiger partial charge < -0.3 is 14.9 Å². The van der Waals surface area contributed by atoms with E-state index in [9.17, 15) is 0 Å². The van der Waals surface area contributed by atoms with E-state index >= 15 is 0 Å². The van der Waals surface area contributed by atoms with Crippen LogP contribution in [0.25, 0.3) is 10.9 Å². The molecule has 0 unspecified atom stereocenters. The fourth-order valence-corrected chi connectivity index (χ4v) is 1.79. The molecule has 0 spiro atoms. The first-order valence-corrected chi connectivity index (χ1v) is 5.46. The van der Waals surface area contributed by atoms with Crippen molar-refractivity contribution in [1.29, 1.82) is 5.41 Å². The van der Waals surface area contributed by atoms with Gasteiger partial charge in [-0.3, -0.25) is 0 Å². The predicted octanol–water partition coefficient (Wildman–Crippen LogP) is 1.68. The Hall–Kier alpha value is -1.61. The van der Waals surface area contributed by atoms with E-state index in [-0.39, 0.29) is 0 Å². The predicted molar refractivity (Wildman–Crippen MR) is 66.3 cm³/mol. The van der Waals surface area contributed by atoms with Gasteiger partial charge in [0.25, 0.3) is 0 Å². The van der Waals surface area contributed by atoms with E-state index in [1.165, 1.54) is 0 Å². The molecule has 0 aliphatic carbocycles.